The van der Waals surface area contributed by atoms with Gasteiger partial charge in [-0.2, -0.15) is 0 Å². The summed E-state index contributed by atoms with van der Waals surface area (Å²) in [6, 6.07) is 19.3. The summed E-state index contributed by atoms with van der Waals surface area (Å²) in [7, 11) is 0. The van der Waals surface area contributed by atoms with E-state index in [1.54, 1.807) is 0 Å². The molecule has 1 unspecified atom stereocenters. The van der Waals surface area contributed by atoms with Gasteiger partial charge in [0, 0.05) is 12.6 Å². The average Bonchev–Trinajstić information content (AvgIpc) is 2.48. The van der Waals surface area contributed by atoms with Crippen LogP contribution >= 0.6 is 0 Å². The van der Waals surface area contributed by atoms with Crippen molar-refractivity contribution in [3.05, 3.63) is 60.2 Å². The standard InChI is InChI=1S/C17H21NO/c1-14(18-11-6-12-19)16-9-5-10-17(13-16)15-7-3-2-4-8-15/h2-5,7-10,13-14,18-19H,6,11-12H2,1H3. The Kier molecular flexibility index (Phi) is 5.13. The Morgan fingerprint density at radius 3 is 2.47 bits per heavy atom. The van der Waals surface area contributed by atoms with Gasteiger partial charge in [0.05, 0.1) is 0 Å². The van der Waals surface area contributed by atoms with E-state index in [2.05, 4.69) is 60.8 Å². The van der Waals surface area contributed by atoms with Crippen LogP contribution in [0.4, 0.5) is 0 Å². The van der Waals surface area contributed by atoms with Crippen molar-refractivity contribution in [1.82, 2.24) is 5.32 Å². The molecule has 0 saturated heterocycles. The minimum Gasteiger partial charge on any atom is -0.396 e. The molecule has 0 heterocycles. The molecular formula is C17H21NO. The van der Waals surface area contributed by atoms with E-state index in [-0.39, 0.29) is 6.61 Å². The van der Waals surface area contributed by atoms with E-state index in [1.165, 1.54) is 16.7 Å². The van der Waals surface area contributed by atoms with Crippen molar-refractivity contribution in [3.8, 4) is 11.1 Å². The lowest BCUT2D eigenvalue weighted by atomic mass is 10.0. The van der Waals surface area contributed by atoms with Crippen LogP contribution in [-0.4, -0.2) is 18.3 Å². The molecule has 0 aliphatic carbocycles. The number of aliphatic hydroxyl groups excluding tert-OH is 1. The number of aliphatic hydroxyl groups is 1. The van der Waals surface area contributed by atoms with Crippen molar-refractivity contribution >= 4 is 0 Å². The molecule has 0 spiro atoms. The third-order valence-electron chi connectivity index (χ3n) is 3.28. The molecule has 0 fully saturated rings. The minimum atomic E-state index is 0.240. The Bertz CT molecular complexity index is 496. The summed E-state index contributed by atoms with van der Waals surface area (Å²) < 4.78 is 0. The Labute approximate surface area is 115 Å². The van der Waals surface area contributed by atoms with E-state index in [9.17, 15) is 0 Å². The summed E-state index contributed by atoms with van der Waals surface area (Å²) in [6.07, 6.45) is 0.794. The smallest absolute Gasteiger partial charge is 0.0443 e. The maximum Gasteiger partial charge on any atom is 0.0443 e. The predicted octanol–water partition coefficient (Wildman–Crippen LogP) is 3.39. The molecule has 0 aliphatic heterocycles. The molecule has 2 heteroatoms. The van der Waals surface area contributed by atoms with E-state index in [0.29, 0.717) is 6.04 Å². The van der Waals surface area contributed by atoms with E-state index in [0.717, 1.165) is 13.0 Å². The first-order valence-corrected chi connectivity index (χ1v) is 6.81. The third kappa shape index (κ3) is 3.91. The molecule has 100 valence electrons. The van der Waals surface area contributed by atoms with Gasteiger partial charge in [0.15, 0.2) is 0 Å². The first kappa shape index (κ1) is 13.8. The molecule has 2 aromatic rings. The summed E-state index contributed by atoms with van der Waals surface area (Å²) in [5.41, 5.74) is 3.76. The lowest BCUT2D eigenvalue weighted by molar-refractivity contribution is 0.284. The third-order valence-corrected chi connectivity index (χ3v) is 3.28. The highest BCUT2D eigenvalue weighted by molar-refractivity contribution is 5.64. The number of rotatable bonds is 6. The zero-order chi connectivity index (χ0) is 13.5. The average molecular weight is 255 g/mol. The Morgan fingerprint density at radius 2 is 1.74 bits per heavy atom. The maximum absolute atomic E-state index is 8.80. The van der Waals surface area contributed by atoms with Crippen LogP contribution in [0.15, 0.2) is 54.6 Å². The van der Waals surface area contributed by atoms with Gasteiger partial charge in [-0.15, -0.1) is 0 Å². The van der Waals surface area contributed by atoms with Gasteiger partial charge >= 0.3 is 0 Å². The van der Waals surface area contributed by atoms with Gasteiger partial charge < -0.3 is 10.4 Å². The van der Waals surface area contributed by atoms with E-state index in [4.69, 9.17) is 5.11 Å². The Hall–Kier alpha value is -1.64. The number of nitrogens with one attached hydrogen (secondary N) is 1. The highest BCUT2D eigenvalue weighted by Crippen LogP contribution is 2.22. The second kappa shape index (κ2) is 7.07. The zero-order valence-corrected chi connectivity index (χ0v) is 11.3. The zero-order valence-electron chi connectivity index (χ0n) is 11.3. The van der Waals surface area contributed by atoms with E-state index >= 15 is 0 Å². The maximum atomic E-state index is 8.80. The summed E-state index contributed by atoms with van der Waals surface area (Å²) in [6.45, 7) is 3.23. The van der Waals surface area contributed by atoms with Crippen LogP contribution in [0.25, 0.3) is 11.1 Å². The number of hydrogen-bond acceptors (Lipinski definition) is 2. The molecule has 2 N–H and O–H groups in total. The molecular weight excluding hydrogens is 234 g/mol. The topological polar surface area (TPSA) is 32.3 Å². The monoisotopic (exact) mass is 255 g/mol. The molecule has 2 aromatic carbocycles. The van der Waals surface area contributed by atoms with Crippen LogP contribution in [0.2, 0.25) is 0 Å². The van der Waals surface area contributed by atoms with Crippen LogP contribution in [0, 0.1) is 0 Å². The van der Waals surface area contributed by atoms with Crippen LogP contribution < -0.4 is 5.32 Å². The molecule has 2 rings (SSSR count). The highest BCUT2D eigenvalue weighted by atomic mass is 16.3. The van der Waals surface area contributed by atoms with Crippen LogP contribution in [0.5, 0.6) is 0 Å². The predicted molar refractivity (Wildman–Crippen MR) is 80.0 cm³/mol. The van der Waals surface area contributed by atoms with Gasteiger partial charge in [0.25, 0.3) is 0 Å². The lowest BCUT2D eigenvalue weighted by Crippen LogP contribution is -2.20. The largest absolute Gasteiger partial charge is 0.396 e. The molecule has 0 aromatic heterocycles. The molecule has 0 radical (unpaired) electrons. The van der Waals surface area contributed by atoms with Crippen molar-refractivity contribution in [2.24, 2.45) is 0 Å². The minimum absolute atomic E-state index is 0.240. The number of hydrogen-bond donors (Lipinski definition) is 2. The second-order valence-electron chi connectivity index (χ2n) is 4.74. The van der Waals surface area contributed by atoms with Gasteiger partial charge in [0.1, 0.15) is 0 Å². The van der Waals surface area contributed by atoms with Crippen molar-refractivity contribution in [2.45, 2.75) is 19.4 Å². The van der Waals surface area contributed by atoms with E-state index < -0.39 is 0 Å². The quantitative estimate of drug-likeness (QED) is 0.775. The van der Waals surface area contributed by atoms with Gasteiger partial charge in [0.2, 0.25) is 0 Å². The first-order valence-electron chi connectivity index (χ1n) is 6.81. The molecule has 0 amide bonds. The van der Waals surface area contributed by atoms with Crippen molar-refractivity contribution in [3.63, 3.8) is 0 Å². The first-order chi connectivity index (χ1) is 9.31. The fraction of sp³-hybridized carbons (Fsp3) is 0.294. The van der Waals surface area contributed by atoms with Crippen LogP contribution in [0.3, 0.4) is 0 Å². The second-order valence-corrected chi connectivity index (χ2v) is 4.74. The van der Waals surface area contributed by atoms with Crippen molar-refractivity contribution in [2.75, 3.05) is 13.2 Å². The normalized spacial score (nSPS) is 12.3. The van der Waals surface area contributed by atoms with Gasteiger partial charge in [-0.3, -0.25) is 0 Å². The summed E-state index contributed by atoms with van der Waals surface area (Å²) in [5.74, 6) is 0. The fourth-order valence-corrected chi connectivity index (χ4v) is 2.13. The summed E-state index contributed by atoms with van der Waals surface area (Å²) in [4.78, 5) is 0. The van der Waals surface area contributed by atoms with Crippen molar-refractivity contribution in [1.29, 1.82) is 0 Å². The molecule has 2 nitrogen and oxygen atoms in total. The van der Waals surface area contributed by atoms with Crippen LogP contribution in [-0.2, 0) is 0 Å². The van der Waals surface area contributed by atoms with Crippen LogP contribution in [0.1, 0.15) is 24.9 Å². The molecule has 1 atom stereocenters. The van der Waals surface area contributed by atoms with E-state index in [1.807, 2.05) is 6.07 Å². The molecule has 0 bridgehead atoms. The van der Waals surface area contributed by atoms with Gasteiger partial charge in [-0.1, -0.05) is 48.5 Å². The summed E-state index contributed by atoms with van der Waals surface area (Å²) >= 11 is 0. The molecule has 19 heavy (non-hydrogen) atoms. The molecule has 0 saturated carbocycles. The molecule has 0 aliphatic rings. The van der Waals surface area contributed by atoms with Gasteiger partial charge in [-0.05, 0) is 42.6 Å². The van der Waals surface area contributed by atoms with Gasteiger partial charge in [-0.25, -0.2) is 0 Å². The van der Waals surface area contributed by atoms with Crippen molar-refractivity contribution < 1.29 is 5.11 Å². The SMILES string of the molecule is CC(NCCCO)c1cccc(-c2ccccc2)c1. The highest BCUT2D eigenvalue weighted by Gasteiger charge is 2.05. The number of benzene rings is 2. The fourth-order valence-electron chi connectivity index (χ4n) is 2.13. The Balaban J connectivity index is 2.11. The summed E-state index contributed by atoms with van der Waals surface area (Å²) in [5, 5.41) is 12.2. The Morgan fingerprint density at radius 1 is 1.00 bits per heavy atom. The lowest BCUT2D eigenvalue weighted by Gasteiger charge is -2.15.